The highest BCUT2D eigenvalue weighted by Crippen LogP contribution is 2.30. The van der Waals surface area contributed by atoms with Gasteiger partial charge in [0.1, 0.15) is 0 Å². The number of hydrogen-bond donors (Lipinski definition) is 1. The Bertz CT molecular complexity index is 456. The average Bonchev–Trinajstić information content (AvgIpc) is 3.00. The van der Waals surface area contributed by atoms with Crippen molar-refractivity contribution in [3.63, 3.8) is 0 Å². The van der Waals surface area contributed by atoms with Crippen LogP contribution < -0.4 is 20.1 Å². The van der Waals surface area contributed by atoms with Gasteiger partial charge in [-0.1, -0.05) is 0 Å². The van der Waals surface area contributed by atoms with Crippen molar-refractivity contribution >= 4 is 11.5 Å². The highest BCUT2D eigenvalue weighted by Gasteiger charge is 2.22. The van der Waals surface area contributed by atoms with E-state index in [0.29, 0.717) is 31.2 Å². The van der Waals surface area contributed by atoms with E-state index < -0.39 is 0 Å². The van der Waals surface area contributed by atoms with Crippen LogP contribution in [-0.4, -0.2) is 39.1 Å². The Morgan fingerprint density at radius 1 is 1.45 bits per heavy atom. The molecule has 20 heavy (non-hydrogen) atoms. The molecule has 1 radical (unpaired) electrons. The molecular weight excluding hydrogens is 256 g/mol. The third-order valence-corrected chi connectivity index (χ3v) is 3.37. The van der Waals surface area contributed by atoms with Crippen molar-refractivity contribution in [3.05, 3.63) is 18.2 Å². The van der Waals surface area contributed by atoms with Crippen LogP contribution in [0.3, 0.4) is 0 Å². The SMILES string of the molecule is CCOc1ccc(NCC(=O)C2CC[N]C2)cc1OC. The lowest BCUT2D eigenvalue weighted by atomic mass is 10.0. The first-order chi connectivity index (χ1) is 9.74. The summed E-state index contributed by atoms with van der Waals surface area (Å²) in [6, 6.07) is 5.58. The lowest BCUT2D eigenvalue weighted by Gasteiger charge is -2.13. The van der Waals surface area contributed by atoms with Gasteiger partial charge in [0.05, 0.1) is 20.3 Å². The van der Waals surface area contributed by atoms with Gasteiger partial charge in [0.25, 0.3) is 0 Å². The molecule has 0 amide bonds. The summed E-state index contributed by atoms with van der Waals surface area (Å²) in [5.41, 5.74) is 0.855. The van der Waals surface area contributed by atoms with Crippen molar-refractivity contribution in [1.82, 2.24) is 5.32 Å². The summed E-state index contributed by atoms with van der Waals surface area (Å²) in [6.07, 6.45) is 0.882. The van der Waals surface area contributed by atoms with Crippen molar-refractivity contribution in [2.45, 2.75) is 13.3 Å². The molecule has 1 aromatic carbocycles. The third-order valence-electron chi connectivity index (χ3n) is 3.37. The molecule has 109 valence electrons. The van der Waals surface area contributed by atoms with Crippen LogP contribution in [0, 0.1) is 5.92 Å². The summed E-state index contributed by atoms with van der Waals surface area (Å²) in [7, 11) is 1.60. The summed E-state index contributed by atoms with van der Waals surface area (Å²) < 4.78 is 10.7. The van der Waals surface area contributed by atoms with Gasteiger partial charge in [0.2, 0.25) is 0 Å². The van der Waals surface area contributed by atoms with Crippen molar-refractivity contribution in [2.24, 2.45) is 5.92 Å². The first-order valence-corrected chi connectivity index (χ1v) is 6.95. The number of ketones is 1. The number of carbonyl (C=O) groups excluding carboxylic acids is 1. The van der Waals surface area contributed by atoms with Crippen molar-refractivity contribution in [3.8, 4) is 11.5 Å². The topological polar surface area (TPSA) is 61.7 Å². The molecule has 1 saturated heterocycles. The molecule has 1 unspecified atom stereocenters. The van der Waals surface area contributed by atoms with Gasteiger partial charge in [-0.2, -0.15) is 0 Å². The van der Waals surface area contributed by atoms with Gasteiger partial charge in [-0.3, -0.25) is 4.79 Å². The van der Waals surface area contributed by atoms with E-state index in [9.17, 15) is 4.79 Å². The quantitative estimate of drug-likeness (QED) is 0.824. The van der Waals surface area contributed by atoms with E-state index in [-0.39, 0.29) is 11.7 Å². The Kier molecular flexibility index (Phi) is 5.24. The van der Waals surface area contributed by atoms with Gasteiger partial charge in [0, 0.05) is 30.8 Å². The van der Waals surface area contributed by atoms with Gasteiger partial charge in [-0.05, 0) is 25.5 Å². The second kappa shape index (κ2) is 7.14. The summed E-state index contributed by atoms with van der Waals surface area (Å²) in [5, 5.41) is 7.35. The Labute approximate surface area is 119 Å². The molecule has 1 N–H and O–H groups in total. The number of methoxy groups -OCH3 is 1. The fraction of sp³-hybridized carbons (Fsp3) is 0.533. The summed E-state index contributed by atoms with van der Waals surface area (Å²) >= 11 is 0. The highest BCUT2D eigenvalue weighted by atomic mass is 16.5. The van der Waals surface area contributed by atoms with Crippen LogP contribution in [0.1, 0.15) is 13.3 Å². The summed E-state index contributed by atoms with van der Waals surface area (Å²) in [4.78, 5) is 12.0. The van der Waals surface area contributed by atoms with Crippen LogP contribution in [0.25, 0.3) is 0 Å². The Balaban J connectivity index is 1.93. The molecule has 1 atom stereocenters. The molecule has 1 fully saturated rings. The van der Waals surface area contributed by atoms with Crippen LogP contribution in [0.15, 0.2) is 18.2 Å². The second-order valence-electron chi connectivity index (χ2n) is 4.73. The smallest absolute Gasteiger partial charge is 0.162 e. The van der Waals surface area contributed by atoms with Crippen LogP contribution in [0.4, 0.5) is 5.69 Å². The first kappa shape index (κ1) is 14.7. The molecular formula is C15H21N2O3. The maximum Gasteiger partial charge on any atom is 0.162 e. The molecule has 0 aliphatic carbocycles. The maximum atomic E-state index is 12.0. The fourth-order valence-corrected chi connectivity index (χ4v) is 2.23. The first-order valence-electron chi connectivity index (χ1n) is 6.95. The minimum Gasteiger partial charge on any atom is -0.493 e. The normalized spacial score (nSPS) is 17.8. The number of nitrogens with one attached hydrogen (secondary N) is 1. The maximum absolute atomic E-state index is 12.0. The lowest BCUT2D eigenvalue weighted by molar-refractivity contribution is -0.120. The number of carbonyl (C=O) groups is 1. The second-order valence-corrected chi connectivity index (χ2v) is 4.73. The number of ether oxygens (including phenoxy) is 2. The Hall–Kier alpha value is -1.75. The molecule has 1 heterocycles. The number of hydrogen-bond acceptors (Lipinski definition) is 4. The average molecular weight is 277 g/mol. The van der Waals surface area contributed by atoms with Crippen molar-refractivity contribution in [2.75, 3.05) is 38.7 Å². The van der Waals surface area contributed by atoms with E-state index in [0.717, 1.165) is 18.7 Å². The van der Waals surface area contributed by atoms with E-state index in [1.165, 1.54) is 0 Å². The molecule has 0 saturated carbocycles. The zero-order chi connectivity index (χ0) is 14.4. The van der Waals surface area contributed by atoms with E-state index in [1.54, 1.807) is 7.11 Å². The van der Waals surface area contributed by atoms with E-state index in [2.05, 4.69) is 10.6 Å². The molecule has 0 spiro atoms. The van der Waals surface area contributed by atoms with E-state index in [1.807, 2.05) is 25.1 Å². The molecule has 1 aliphatic heterocycles. The molecule has 1 aliphatic rings. The van der Waals surface area contributed by atoms with Crippen LogP contribution in [-0.2, 0) is 4.79 Å². The zero-order valence-corrected chi connectivity index (χ0v) is 12.0. The van der Waals surface area contributed by atoms with Crippen LogP contribution in [0.5, 0.6) is 11.5 Å². The van der Waals surface area contributed by atoms with Crippen molar-refractivity contribution < 1.29 is 14.3 Å². The standard InChI is InChI=1S/C15H21N2O3/c1-3-20-14-5-4-12(8-15(14)19-2)17-10-13(18)11-6-7-16-9-11/h4-5,8,11,17H,3,6-7,9-10H2,1-2H3. The van der Waals surface area contributed by atoms with Crippen molar-refractivity contribution in [1.29, 1.82) is 0 Å². The largest absolute Gasteiger partial charge is 0.493 e. The number of anilines is 1. The summed E-state index contributed by atoms with van der Waals surface area (Å²) in [5.74, 6) is 1.69. The lowest BCUT2D eigenvalue weighted by Crippen LogP contribution is -2.23. The third kappa shape index (κ3) is 3.63. The van der Waals surface area contributed by atoms with Gasteiger partial charge in [0.15, 0.2) is 17.3 Å². The van der Waals surface area contributed by atoms with Crippen LogP contribution >= 0.6 is 0 Å². The summed E-state index contributed by atoms with van der Waals surface area (Å²) in [6.45, 7) is 4.33. The molecule has 5 heteroatoms. The van der Waals surface area contributed by atoms with Gasteiger partial charge in [-0.25, -0.2) is 5.32 Å². The highest BCUT2D eigenvalue weighted by molar-refractivity contribution is 5.85. The molecule has 2 rings (SSSR count). The Morgan fingerprint density at radius 3 is 2.95 bits per heavy atom. The molecule has 1 aromatic rings. The fourth-order valence-electron chi connectivity index (χ4n) is 2.23. The van der Waals surface area contributed by atoms with E-state index >= 15 is 0 Å². The predicted molar refractivity (Wildman–Crippen MR) is 77.6 cm³/mol. The monoisotopic (exact) mass is 277 g/mol. The van der Waals surface area contributed by atoms with Crippen LogP contribution in [0.2, 0.25) is 0 Å². The minimum absolute atomic E-state index is 0.0899. The Morgan fingerprint density at radius 2 is 2.30 bits per heavy atom. The van der Waals surface area contributed by atoms with Gasteiger partial charge >= 0.3 is 0 Å². The molecule has 0 bridgehead atoms. The zero-order valence-electron chi connectivity index (χ0n) is 12.0. The number of rotatable bonds is 7. The number of nitrogens with zero attached hydrogens (tertiary/aromatic N) is 1. The van der Waals surface area contributed by atoms with Gasteiger partial charge in [-0.15, -0.1) is 0 Å². The van der Waals surface area contributed by atoms with E-state index in [4.69, 9.17) is 9.47 Å². The number of Topliss-reactive ketones (excluding diaryl/α,β-unsaturated/α-hetero) is 1. The predicted octanol–water partition coefficient (Wildman–Crippen LogP) is 1.70. The molecule has 5 nitrogen and oxygen atoms in total. The molecule has 0 aromatic heterocycles. The van der Waals surface area contributed by atoms with Gasteiger partial charge < -0.3 is 14.8 Å². The number of benzene rings is 1. The minimum atomic E-state index is 0.0899.